The van der Waals surface area contributed by atoms with E-state index in [-0.39, 0.29) is 10.7 Å². The molecule has 0 amide bonds. The van der Waals surface area contributed by atoms with Crippen molar-refractivity contribution in [3.8, 4) is 0 Å². The molecule has 0 aliphatic carbocycles. The maximum Gasteiger partial charge on any atom is 0.183 e. The maximum absolute atomic E-state index is 6.62. The van der Waals surface area contributed by atoms with E-state index in [0.717, 1.165) is 50.6 Å². The Morgan fingerprint density at radius 2 is 1.87 bits per heavy atom. The summed E-state index contributed by atoms with van der Waals surface area (Å²) in [7, 11) is 0. The first kappa shape index (κ1) is 25.5. The molecular formula is C24H33N9O3S2. The fourth-order valence-electron chi connectivity index (χ4n) is 6.52. The van der Waals surface area contributed by atoms with Crippen LogP contribution < -0.4 is 10.6 Å². The van der Waals surface area contributed by atoms with Crippen molar-refractivity contribution in [2.45, 2.75) is 34.6 Å². The third kappa shape index (κ3) is 3.84. The molecule has 0 radical (unpaired) electrons. The molecule has 0 spiro atoms. The summed E-state index contributed by atoms with van der Waals surface area (Å²) in [6.45, 7) is 6.48. The lowest BCUT2D eigenvalue weighted by atomic mass is 9.71. The number of morpholine rings is 1. The predicted molar refractivity (Wildman–Crippen MR) is 142 cm³/mol. The van der Waals surface area contributed by atoms with Crippen LogP contribution in [0.15, 0.2) is 36.8 Å². The van der Waals surface area contributed by atoms with E-state index in [9.17, 15) is 0 Å². The van der Waals surface area contributed by atoms with Gasteiger partial charge < -0.3 is 9.47 Å². The van der Waals surface area contributed by atoms with Gasteiger partial charge in [0, 0.05) is 57.1 Å². The van der Waals surface area contributed by atoms with Gasteiger partial charge in [0.15, 0.2) is 5.79 Å². The number of nitrogens with one attached hydrogen (secondary N) is 2. The molecule has 38 heavy (non-hydrogen) atoms. The first-order chi connectivity index (χ1) is 18.9. The van der Waals surface area contributed by atoms with Crippen LogP contribution in [0.2, 0.25) is 0 Å². The zero-order chi connectivity index (χ0) is 25.4. The molecule has 2 aromatic heterocycles. The number of nitrogens with zero attached hydrogens (tertiary/aromatic N) is 7. The summed E-state index contributed by atoms with van der Waals surface area (Å²) in [5, 5.41) is 18.4. The maximum atomic E-state index is 6.62. The molecule has 0 saturated carbocycles. The summed E-state index contributed by atoms with van der Waals surface area (Å²) >= 11 is 3.70. The van der Waals surface area contributed by atoms with Crippen LogP contribution >= 0.6 is 23.7 Å². The van der Waals surface area contributed by atoms with Crippen molar-refractivity contribution in [3.63, 3.8) is 0 Å². The summed E-state index contributed by atoms with van der Waals surface area (Å²) in [4.78, 5) is 19.1. The largest absolute Gasteiger partial charge is 0.379 e. The summed E-state index contributed by atoms with van der Waals surface area (Å²) in [6.07, 6.45) is 5.93. The lowest BCUT2D eigenvalue weighted by Gasteiger charge is -2.59. The molecule has 5 fully saturated rings. The lowest BCUT2D eigenvalue weighted by Crippen LogP contribution is -2.80. The molecule has 2 N–H and O–H groups in total. The second-order valence-electron chi connectivity index (χ2n) is 9.81. The van der Waals surface area contributed by atoms with E-state index < -0.39 is 17.4 Å². The third-order valence-electron chi connectivity index (χ3n) is 7.88. The third-order valence-corrected chi connectivity index (χ3v) is 10.7. The average molecular weight is 560 g/mol. The van der Waals surface area contributed by atoms with E-state index in [1.807, 2.05) is 36.3 Å². The van der Waals surface area contributed by atoms with Crippen molar-refractivity contribution < 1.29 is 14.3 Å². The van der Waals surface area contributed by atoms with Gasteiger partial charge in [-0.3, -0.25) is 20.4 Å². The normalized spacial score (nSPS) is 37.3. The van der Waals surface area contributed by atoms with Gasteiger partial charge in [-0.25, -0.2) is 9.97 Å². The lowest BCUT2D eigenvalue weighted by molar-refractivity contribution is -0.318. The van der Waals surface area contributed by atoms with Gasteiger partial charge in [-0.1, -0.05) is 11.9 Å². The van der Waals surface area contributed by atoms with E-state index in [4.69, 9.17) is 24.3 Å². The van der Waals surface area contributed by atoms with Crippen molar-refractivity contribution in [1.29, 1.82) is 0 Å². The molecule has 5 aliphatic rings. The molecule has 7 rings (SSSR count). The van der Waals surface area contributed by atoms with Crippen molar-refractivity contribution in [3.05, 3.63) is 48.3 Å². The molecular weight excluding hydrogens is 526 g/mol. The number of hydrogen-bond acceptors (Lipinski definition) is 14. The van der Waals surface area contributed by atoms with Crippen molar-refractivity contribution in [2.75, 3.05) is 64.9 Å². The number of hydrogen-bond donors (Lipinski definition) is 2. The molecule has 0 bridgehead atoms. The van der Waals surface area contributed by atoms with E-state index in [1.165, 1.54) is 0 Å². The minimum absolute atomic E-state index is 0.0400. The second kappa shape index (κ2) is 10.8. The van der Waals surface area contributed by atoms with Gasteiger partial charge in [-0.2, -0.15) is 19.6 Å². The van der Waals surface area contributed by atoms with Crippen LogP contribution in [0.25, 0.3) is 0 Å². The highest BCUT2D eigenvalue weighted by Crippen LogP contribution is 2.67. The Morgan fingerprint density at radius 1 is 0.974 bits per heavy atom. The topological polar surface area (TPSA) is 113 Å². The Hall–Kier alpha value is -1.46. The highest BCUT2D eigenvalue weighted by molar-refractivity contribution is 8.02. The van der Waals surface area contributed by atoms with Gasteiger partial charge in [0.2, 0.25) is 0 Å². The molecule has 7 heterocycles. The van der Waals surface area contributed by atoms with Gasteiger partial charge in [0.25, 0.3) is 0 Å². The van der Waals surface area contributed by atoms with Crippen molar-refractivity contribution in [1.82, 2.24) is 45.1 Å². The fraction of sp³-hybridized carbons (Fsp3) is 0.667. The molecule has 5 aliphatic heterocycles. The monoisotopic (exact) mass is 559 g/mol. The Balaban J connectivity index is 1.55. The average Bonchev–Trinajstić information content (AvgIpc) is 3.81. The summed E-state index contributed by atoms with van der Waals surface area (Å²) in [5.74, 6) is 0.915. The highest BCUT2D eigenvalue weighted by Gasteiger charge is 2.78. The number of thioether (sulfide) groups is 1. The van der Waals surface area contributed by atoms with Crippen molar-refractivity contribution >= 4 is 23.7 Å². The standard InChI is InChI=1S/C24H33N9O3S2/c1-4-18(30-29-7-1)19-23(21-27-8-14-35-21,20-25-5-2-6-26-20)24(32-10-3-13-36-32,31-11-15-34-16-12-31)33(38-19)22-28-9-17-37-22/h1-2,4-7,19,21-22,27-28H,3,8-17H2. The zero-order valence-corrected chi connectivity index (χ0v) is 22.8. The molecule has 0 aromatic carbocycles. The first-order valence-corrected chi connectivity index (χ1v) is 15.2. The summed E-state index contributed by atoms with van der Waals surface area (Å²) in [5.41, 5.74) is 0.0561. The van der Waals surface area contributed by atoms with Crippen LogP contribution in [-0.4, -0.2) is 117 Å². The Bertz CT molecular complexity index is 1070. The molecule has 14 heteroatoms. The van der Waals surface area contributed by atoms with Gasteiger partial charge in [-0.05, 0) is 24.6 Å². The Morgan fingerprint density at radius 3 is 2.55 bits per heavy atom. The predicted octanol–water partition coefficient (Wildman–Crippen LogP) is 0.399. The molecule has 2 aromatic rings. The smallest absolute Gasteiger partial charge is 0.183 e. The molecule has 5 atom stereocenters. The van der Waals surface area contributed by atoms with Crippen LogP contribution in [0.1, 0.15) is 23.2 Å². The summed E-state index contributed by atoms with van der Waals surface area (Å²) in [6, 6.07) is 5.88. The molecule has 5 saturated heterocycles. The van der Waals surface area contributed by atoms with E-state index in [0.29, 0.717) is 32.3 Å². The Labute approximate surface area is 230 Å². The van der Waals surface area contributed by atoms with Crippen LogP contribution in [0.5, 0.6) is 0 Å². The minimum atomic E-state index is -0.849. The first-order valence-electron chi connectivity index (χ1n) is 13.3. The van der Waals surface area contributed by atoms with E-state index >= 15 is 0 Å². The SMILES string of the molecule is c1cnc(C2(C3NCCO3)C(c3cccnn3)SN(C3NCCS3)C2(N2CCOCC2)N2CCCO2)nc1. The molecule has 5 unspecified atom stereocenters. The zero-order valence-electron chi connectivity index (χ0n) is 21.1. The highest BCUT2D eigenvalue weighted by atomic mass is 32.2. The second-order valence-corrected chi connectivity index (χ2v) is 12.1. The van der Waals surface area contributed by atoms with Crippen LogP contribution in [0, 0.1) is 0 Å². The minimum Gasteiger partial charge on any atom is -0.379 e. The fourth-order valence-corrected chi connectivity index (χ4v) is 9.54. The van der Waals surface area contributed by atoms with Gasteiger partial charge >= 0.3 is 0 Å². The Kier molecular flexibility index (Phi) is 7.28. The quantitative estimate of drug-likeness (QED) is 0.476. The molecule has 12 nitrogen and oxygen atoms in total. The van der Waals surface area contributed by atoms with Gasteiger partial charge in [-0.15, -0.1) is 11.8 Å². The number of rotatable bonds is 6. The van der Waals surface area contributed by atoms with E-state index in [1.54, 1.807) is 18.1 Å². The van der Waals surface area contributed by atoms with Crippen LogP contribution in [0.4, 0.5) is 0 Å². The molecule has 204 valence electrons. The van der Waals surface area contributed by atoms with Crippen molar-refractivity contribution in [2.24, 2.45) is 0 Å². The van der Waals surface area contributed by atoms with Crippen LogP contribution in [-0.2, 0) is 19.7 Å². The number of ether oxygens (including phenoxy) is 2. The van der Waals surface area contributed by atoms with E-state index in [2.05, 4.69) is 41.2 Å². The van der Waals surface area contributed by atoms with Crippen LogP contribution in [0.3, 0.4) is 0 Å². The van der Waals surface area contributed by atoms with Gasteiger partial charge in [0.1, 0.15) is 23.0 Å². The summed E-state index contributed by atoms with van der Waals surface area (Å²) < 4.78 is 15.0. The van der Waals surface area contributed by atoms with Gasteiger partial charge in [0.05, 0.1) is 37.4 Å². The number of hydroxylamine groups is 2. The number of aromatic nitrogens is 4.